The first-order chi connectivity index (χ1) is 12.3. The predicted molar refractivity (Wildman–Crippen MR) is 102 cm³/mol. The van der Waals surface area contributed by atoms with E-state index in [9.17, 15) is 9.59 Å². The molecule has 2 aromatic carbocycles. The number of aryl methyl sites for hydroxylation is 1. The minimum Gasteiger partial charge on any atom is -0.496 e. The van der Waals surface area contributed by atoms with E-state index < -0.39 is 12.1 Å². The lowest BCUT2D eigenvalue weighted by Gasteiger charge is -2.19. The zero-order valence-electron chi connectivity index (χ0n) is 15.8. The van der Waals surface area contributed by atoms with Gasteiger partial charge in [0.25, 0.3) is 5.91 Å². The van der Waals surface area contributed by atoms with Crippen LogP contribution in [0, 0.1) is 6.92 Å². The molecule has 0 aliphatic heterocycles. The number of methoxy groups -OCH3 is 1. The van der Waals surface area contributed by atoms with E-state index in [4.69, 9.17) is 9.47 Å². The lowest BCUT2D eigenvalue weighted by molar-refractivity contribution is -0.123. The molecule has 0 aromatic heterocycles. The van der Waals surface area contributed by atoms with Crippen LogP contribution < -0.4 is 10.1 Å². The molecule has 0 saturated heterocycles. The monoisotopic (exact) mass is 355 g/mol. The van der Waals surface area contributed by atoms with Gasteiger partial charge >= 0.3 is 5.97 Å². The van der Waals surface area contributed by atoms with Crippen LogP contribution >= 0.6 is 0 Å². The molecular weight excluding hydrogens is 330 g/mol. The lowest BCUT2D eigenvalue weighted by atomic mass is 9.98. The molecule has 0 saturated carbocycles. The second-order valence-corrected chi connectivity index (χ2v) is 6.43. The van der Waals surface area contributed by atoms with Crippen LogP contribution in [0.3, 0.4) is 0 Å². The first kappa shape index (κ1) is 19.5. The number of ether oxygens (including phenoxy) is 2. The van der Waals surface area contributed by atoms with Crippen molar-refractivity contribution < 1.29 is 19.1 Å². The molecule has 2 rings (SSSR count). The molecule has 5 heteroatoms. The third-order valence-electron chi connectivity index (χ3n) is 4.16. The van der Waals surface area contributed by atoms with Gasteiger partial charge < -0.3 is 14.8 Å². The zero-order valence-corrected chi connectivity index (χ0v) is 15.8. The number of nitrogens with one attached hydrogen (secondary N) is 1. The van der Waals surface area contributed by atoms with E-state index in [0.29, 0.717) is 5.75 Å². The molecule has 2 aromatic rings. The first-order valence-corrected chi connectivity index (χ1v) is 8.59. The summed E-state index contributed by atoms with van der Waals surface area (Å²) in [6.45, 7) is 7.62. The summed E-state index contributed by atoms with van der Waals surface area (Å²) < 4.78 is 10.5. The number of carbonyl (C=O) groups excluding carboxylic acids is 2. The summed E-state index contributed by atoms with van der Waals surface area (Å²) in [7, 11) is 1.48. The van der Waals surface area contributed by atoms with Crippen molar-refractivity contribution in [1.29, 1.82) is 0 Å². The van der Waals surface area contributed by atoms with E-state index in [0.717, 1.165) is 16.8 Å². The number of hydrogen-bond acceptors (Lipinski definition) is 4. The summed E-state index contributed by atoms with van der Waals surface area (Å²) >= 11 is 0. The van der Waals surface area contributed by atoms with Crippen LogP contribution in [0.15, 0.2) is 42.5 Å². The van der Waals surface area contributed by atoms with Crippen LogP contribution in [0.5, 0.6) is 5.75 Å². The van der Waals surface area contributed by atoms with Crippen molar-refractivity contribution in [1.82, 2.24) is 0 Å². The van der Waals surface area contributed by atoms with Crippen molar-refractivity contribution in [3.05, 3.63) is 59.2 Å². The minimum absolute atomic E-state index is 0.261. The van der Waals surface area contributed by atoms with Gasteiger partial charge in [-0.1, -0.05) is 44.2 Å². The topological polar surface area (TPSA) is 64.6 Å². The second-order valence-electron chi connectivity index (χ2n) is 6.43. The van der Waals surface area contributed by atoms with Crippen molar-refractivity contribution in [2.45, 2.75) is 39.7 Å². The van der Waals surface area contributed by atoms with Gasteiger partial charge in [0.1, 0.15) is 11.3 Å². The van der Waals surface area contributed by atoms with E-state index >= 15 is 0 Å². The number of carbonyl (C=O) groups is 2. The van der Waals surface area contributed by atoms with Gasteiger partial charge in [0, 0.05) is 5.69 Å². The van der Waals surface area contributed by atoms with Gasteiger partial charge in [-0.2, -0.15) is 0 Å². The highest BCUT2D eigenvalue weighted by Crippen LogP contribution is 2.27. The second kappa shape index (κ2) is 8.52. The molecule has 0 fully saturated rings. The number of anilines is 1. The fraction of sp³-hybridized carbons (Fsp3) is 0.333. The number of rotatable bonds is 6. The largest absolute Gasteiger partial charge is 0.496 e. The van der Waals surface area contributed by atoms with Crippen LogP contribution in [0.4, 0.5) is 5.69 Å². The highest BCUT2D eigenvalue weighted by molar-refractivity contribution is 5.99. The molecule has 0 unspecified atom stereocenters. The fourth-order valence-corrected chi connectivity index (χ4v) is 2.66. The van der Waals surface area contributed by atoms with Gasteiger partial charge in [-0.05, 0) is 43.0 Å². The van der Waals surface area contributed by atoms with E-state index in [2.05, 4.69) is 19.2 Å². The molecular formula is C21H25NO4. The van der Waals surface area contributed by atoms with Crippen LogP contribution in [-0.2, 0) is 9.53 Å². The van der Waals surface area contributed by atoms with Gasteiger partial charge in [0.05, 0.1) is 7.11 Å². The van der Waals surface area contributed by atoms with Crippen molar-refractivity contribution in [3.8, 4) is 5.75 Å². The van der Waals surface area contributed by atoms with E-state index in [1.807, 2.05) is 25.1 Å². The van der Waals surface area contributed by atoms with Crippen molar-refractivity contribution in [2.24, 2.45) is 0 Å². The fourth-order valence-electron chi connectivity index (χ4n) is 2.66. The average Bonchev–Trinajstić information content (AvgIpc) is 2.62. The summed E-state index contributed by atoms with van der Waals surface area (Å²) in [5, 5.41) is 2.90. The standard InChI is InChI=1S/C21H25NO4/c1-13(2)16-11-8-9-14(3)19(16)22-20(23)15(4)26-21(24)17-10-6-7-12-18(17)25-5/h6-13,15H,1-5H3,(H,22,23)/t15-/m1/s1. The molecule has 1 amide bonds. The highest BCUT2D eigenvalue weighted by atomic mass is 16.5. The maximum absolute atomic E-state index is 12.5. The molecule has 5 nitrogen and oxygen atoms in total. The Bertz CT molecular complexity index is 798. The number of benzene rings is 2. The number of esters is 1. The summed E-state index contributed by atoms with van der Waals surface area (Å²) in [5.74, 6) is -0.300. The third kappa shape index (κ3) is 4.42. The van der Waals surface area contributed by atoms with Crippen LogP contribution in [-0.4, -0.2) is 25.1 Å². The maximum Gasteiger partial charge on any atom is 0.342 e. The van der Waals surface area contributed by atoms with Crippen LogP contribution in [0.2, 0.25) is 0 Å². The number of para-hydroxylation sites is 2. The van der Waals surface area contributed by atoms with E-state index in [1.54, 1.807) is 31.2 Å². The molecule has 0 spiro atoms. The van der Waals surface area contributed by atoms with Gasteiger partial charge in [-0.25, -0.2) is 4.79 Å². The Labute approximate surface area is 154 Å². The summed E-state index contributed by atoms with van der Waals surface area (Å²) in [5.41, 5.74) is 3.07. The Morgan fingerprint density at radius 2 is 1.69 bits per heavy atom. The lowest BCUT2D eigenvalue weighted by Crippen LogP contribution is -2.30. The summed E-state index contributed by atoms with van der Waals surface area (Å²) in [6.07, 6.45) is -0.938. The van der Waals surface area contributed by atoms with E-state index in [1.165, 1.54) is 7.11 Å². The Balaban J connectivity index is 2.13. The Morgan fingerprint density at radius 1 is 1.00 bits per heavy atom. The summed E-state index contributed by atoms with van der Waals surface area (Å²) in [6, 6.07) is 12.6. The quantitative estimate of drug-likeness (QED) is 0.784. The molecule has 0 bridgehead atoms. The number of hydrogen-bond donors (Lipinski definition) is 1. The van der Waals surface area contributed by atoms with Crippen molar-refractivity contribution in [2.75, 3.05) is 12.4 Å². The Morgan fingerprint density at radius 3 is 2.35 bits per heavy atom. The highest BCUT2D eigenvalue weighted by Gasteiger charge is 2.22. The molecule has 1 N–H and O–H groups in total. The molecule has 138 valence electrons. The first-order valence-electron chi connectivity index (χ1n) is 8.59. The predicted octanol–water partition coefficient (Wildman–Crippen LogP) is 4.31. The molecule has 1 atom stereocenters. The normalized spacial score (nSPS) is 11.8. The van der Waals surface area contributed by atoms with Crippen molar-refractivity contribution >= 4 is 17.6 Å². The van der Waals surface area contributed by atoms with Gasteiger partial charge in [-0.3, -0.25) is 4.79 Å². The van der Waals surface area contributed by atoms with E-state index in [-0.39, 0.29) is 17.4 Å². The van der Waals surface area contributed by atoms with Gasteiger partial charge in [0.2, 0.25) is 0 Å². The van der Waals surface area contributed by atoms with Crippen LogP contribution in [0.1, 0.15) is 48.2 Å². The molecule has 0 heterocycles. The van der Waals surface area contributed by atoms with Crippen LogP contribution in [0.25, 0.3) is 0 Å². The number of amides is 1. The SMILES string of the molecule is COc1ccccc1C(=O)O[C@H](C)C(=O)Nc1c(C)cccc1C(C)C. The molecule has 0 aliphatic rings. The van der Waals surface area contributed by atoms with Crippen molar-refractivity contribution in [3.63, 3.8) is 0 Å². The maximum atomic E-state index is 12.5. The molecule has 26 heavy (non-hydrogen) atoms. The smallest absolute Gasteiger partial charge is 0.342 e. The Hall–Kier alpha value is -2.82. The molecule has 0 radical (unpaired) electrons. The average molecular weight is 355 g/mol. The van der Waals surface area contributed by atoms with Gasteiger partial charge in [-0.15, -0.1) is 0 Å². The summed E-state index contributed by atoms with van der Waals surface area (Å²) in [4.78, 5) is 24.9. The molecule has 0 aliphatic carbocycles. The van der Waals surface area contributed by atoms with Gasteiger partial charge in [0.15, 0.2) is 6.10 Å². The minimum atomic E-state index is -0.938. The zero-order chi connectivity index (χ0) is 19.3. The Kier molecular flexibility index (Phi) is 6.39. The third-order valence-corrected chi connectivity index (χ3v) is 4.16.